The molecule has 0 amide bonds. The molecule has 0 aliphatic rings. The number of rotatable bonds is 1. The maximum atomic E-state index is 11.4. The predicted octanol–water partition coefficient (Wildman–Crippen LogP) is 0.815. The molecule has 0 aliphatic carbocycles. The number of para-hydroxylation sites is 1. The van der Waals surface area contributed by atoms with Crippen molar-refractivity contribution >= 4 is 5.82 Å². The molecule has 1 heterocycles. The quantitative estimate of drug-likeness (QED) is 0.718. The third kappa shape index (κ3) is 1.50. The molecular weight excluding hydrogens is 178 g/mol. The largest absolute Gasteiger partial charge is 0.382 e. The average molecular weight is 187 g/mol. The molecule has 1 aromatic heterocycles. The molecule has 1 aromatic carbocycles. The van der Waals surface area contributed by atoms with Gasteiger partial charge in [0.2, 0.25) is 0 Å². The minimum atomic E-state index is -0.189. The number of nitrogens with zero attached hydrogens (tertiary/aromatic N) is 2. The van der Waals surface area contributed by atoms with Crippen LogP contribution in [0, 0.1) is 0 Å². The molecule has 0 spiro atoms. The summed E-state index contributed by atoms with van der Waals surface area (Å²) in [5, 5.41) is 3.92. The van der Waals surface area contributed by atoms with Gasteiger partial charge in [0.05, 0.1) is 5.69 Å². The molecule has 0 bridgehead atoms. The fourth-order valence-corrected chi connectivity index (χ4v) is 1.18. The summed E-state index contributed by atoms with van der Waals surface area (Å²) in [6.07, 6.45) is 0. The summed E-state index contributed by atoms with van der Waals surface area (Å²) in [5.74, 6) is 0.327. The van der Waals surface area contributed by atoms with E-state index in [1.165, 1.54) is 16.8 Å². The molecule has 2 rings (SSSR count). The Labute approximate surface area is 80.6 Å². The summed E-state index contributed by atoms with van der Waals surface area (Å²) < 4.78 is 1.27. The molecule has 2 N–H and O–H groups in total. The first-order valence-corrected chi connectivity index (χ1v) is 4.18. The van der Waals surface area contributed by atoms with E-state index in [1.807, 2.05) is 18.2 Å². The fraction of sp³-hybridized carbons (Fsp3) is 0. The molecular formula is C10H9N3O. The SMILES string of the molecule is Nc1ccc(=O)n(-c2ccccc2)n1. The molecule has 0 saturated heterocycles. The zero-order valence-electron chi connectivity index (χ0n) is 7.42. The molecule has 2 aromatic rings. The smallest absolute Gasteiger partial charge is 0.271 e. The maximum absolute atomic E-state index is 11.4. The van der Waals surface area contributed by atoms with Gasteiger partial charge in [-0.05, 0) is 18.2 Å². The van der Waals surface area contributed by atoms with Gasteiger partial charge in [0.25, 0.3) is 5.56 Å². The molecule has 14 heavy (non-hydrogen) atoms. The molecule has 4 heteroatoms. The standard InChI is InChI=1S/C10H9N3O/c11-9-6-7-10(14)13(12-9)8-4-2-1-3-5-8/h1-7H,(H2,11,12). The lowest BCUT2D eigenvalue weighted by Crippen LogP contribution is -2.20. The Bertz CT molecular complexity index is 490. The highest BCUT2D eigenvalue weighted by atomic mass is 16.1. The van der Waals surface area contributed by atoms with Crippen molar-refractivity contribution in [3.8, 4) is 5.69 Å². The zero-order valence-corrected chi connectivity index (χ0v) is 7.42. The maximum Gasteiger partial charge on any atom is 0.271 e. The zero-order chi connectivity index (χ0) is 9.97. The van der Waals surface area contributed by atoms with Crippen LogP contribution in [-0.4, -0.2) is 9.78 Å². The Morgan fingerprint density at radius 1 is 1.07 bits per heavy atom. The average Bonchev–Trinajstić information content (AvgIpc) is 2.23. The molecule has 0 fully saturated rings. The van der Waals surface area contributed by atoms with Gasteiger partial charge in [-0.3, -0.25) is 4.79 Å². The van der Waals surface area contributed by atoms with E-state index in [2.05, 4.69) is 5.10 Å². The van der Waals surface area contributed by atoms with Crippen molar-refractivity contribution in [2.45, 2.75) is 0 Å². The van der Waals surface area contributed by atoms with Gasteiger partial charge in [0, 0.05) is 6.07 Å². The van der Waals surface area contributed by atoms with Gasteiger partial charge in [-0.25, -0.2) is 0 Å². The van der Waals surface area contributed by atoms with Crippen LogP contribution in [0.1, 0.15) is 0 Å². The van der Waals surface area contributed by atoms with Crippen LogP contribution in [0.5, 0.6) is 0 Å². The molecule has 0 aliphatic heterocycles. The van der Waals surface area contributed by atoms with Crippen molar-refractivity contribution in [3.63, 3.8) is 0 Å². The van der Waals surface area contributed by atoms with Crippen LogP contribution in [0.2, 0.25) is 0 Å². The van der Waals surface area contributed by atoms with Gasteiger partial charge in [0.1, 0.15) is 5.82 Å². The second-order valence-electron chi connectivity index (χ2n) is 2.84. The highest BCUT2D eigenvalue weighted by molar-refractivity contribution is 5.33. The van der Waals surface area contributed by atoms with Crippen LogP contribution < -0.4 is 11.3 Å². The Kier molecular flexibility index (Phi) is 2.02. The van der Waals surface area contributed by atoms with Crippen molar-refractivity contribution in [2.24, 2.45) is 0 Å². The summed E-state index contributed by atoms with van der Waals surface area (Å²) in [6.45, 7) is 0. The summed E-state index contributed by atoms with van der Waals surface area (Å²) in [7, 11) is 0. The van der Waals surface area contributed by atoms with E-state index in [0.29, 0.717) is 11.5 Å². The third-order valence-corrected chi connectivity index (χ3v) is 1.82. The van der Waals surface area contributed by atoms with Crippen LogP contribution in [0.25, 0.3) is 5.69 Å². The molecule has 0 atom stereocenters. The van der Waals surface area contributed by atoms with E-state index in [4.69, 9.17) is 5.73 Å². The Balaban J connectivity index is 2.63. The molecule has 0 unspecified atom stereocenters. The molecule has 0 saturated carbocycles. The van der Waals surface area contributed by atoms with E-state index < -0.39 is 0 Å². The minimum absolute atomic E-state index is 0.189. The minimum Gasteiger partial charge on any atom is -0.382 e. The number of hydrogen-bond acceptors (Lipinski definition) is 3. The van der Waals surface area contributed by atoms with E-state index in [1.54, 1.807) is 12.1 Å². The van der Waals surface area contributed by atoms with Gasteiger partial charge in [0.15, 0.2) is 0 Å². The molecule has 4 nitrogen and oxygen atoms in total. The predicted molar refractivity (Wildman–Crippen MR) is 54.2 cm³/mol. The number of nitrogen functional groups attached to an aromatic ring is 1. The van der Waals surface area contributed by atoms with Crippen LogP contribution in [0.3, 0.4) is 0 Å². The van der Waals surface area contributed by atoms with Crippen molar-refractivity contribution in [3.05, 3.63) is 52.8 Å². The number of anilines is 1. The van der Waals surface area contributed by atoms with Crippen molar-refractivity contribution in [2.75, 3.05) is 5.73 Å². The van der Waals surface area contributed by atoms with Gasteiger partial charge in [-0.15, -0.1) is 5.10 Å². The van der Waals surface area contributed by atoms with Crippen molar-refractivity contribution < 1.29 is 0 Å². The third-order valence-electron chi connectivity index (χ3n) is 1.82. The van der Waals surface area contributed by atoms with E-state index in [-0.39, 0.29) is 5.56 Å². The van der Waals surface area contributed by atoms with Crippen LogP contribution in [0.4, 0.5) is 5.82 Å². The Hall–Kier alpha value is -2.10. The van der Waals surface area contributed by atoms with E-state index >= 15 is 0 Å². The van der Waals surface area contributed by atoms with E-state index in [9.17, 15) is 4.79 Å². The van der Waals surface area contributed by atoms with Gasteiger partial charge in [-0.1, -0.05) is 18.2 Å². The Morgan fingerprint density at radius 2 is 1.79 bits per heavy atom. The van der Waals surface area contributed by atoms with Gasteiger partial charge < -0.3 is 5.73 Å². The first-order chi connectivity index (χ1) is 6.77. The van der Waals surface area contributed by atoms with Crippen molar-refractivity contribution in [1.82, 2.24) is 9.78 Å². The number of benzene rings is 1. The lowest BCUT2D eigenvalue weighted by Gasteiger charge is -2.03. The Morgan fingerprint density at radius 3 is 2.50 bits per heavy atom. The highest BCUT2D eigenvalue weighted by Crippen LogP contribution is 2.02. The summed E-state index contributed by atoms with van der Waals surface area (Å²) in [5.41, 5.74) is 6.02. The van der Waals surface area contributed by atoms with Gasteiger partial charge >= 0.3 is 0 Å². The fourth-order valence-electron chi connectivity index (χ4n) is 1.18. The highest BCUT2D eigenvalue weighted by Gasteiger charge is 1.99. The monoisotopic (exact) mass is 187 g/mol. The first kappa shape index (κ1) is 8.50. The lowest BCUT2D eigenvalue weighted by atomic mass is 10.3. The summed E-state index contributed by atoms with van der Waals surface area (Å²) in [4.78, 5) is 11.4. The topological polar surface area (TPSA) is 60.9 Å². The second kappa shape index (κ2) is 3.33. The summed E-state index contributed by atoms with van der Waals surface area (Å²) >= 11 is 0. The van der Waals surface area contributed by atoms with Gasteiger partial charge in [-0.2, -0.15) is 4.68 Å². The van der Waals surface area contributed by atoms with Crippen LogP contribution in [0.15, 0.2) is 47.3 Å². The van der Waals surface area contributed by atoms with Crippen LogP contribution >= 0.6 is 0 Å². The van der Waals surface area contributed by atoms with E-state index in [0.717, 1.165) is 0 Å². The number of aromatic nitrogens is 2. The first-order valence-electron chi connectivity index (χ1n) is 4.18. The summed E-state index contributed by atoms with van der Waals surface area (Å²) in [6, 6.07) is 12.0. The molecule has 0 radical (unpaired) electrons. The number of hydrogen-bond donors (Lipinski definition) is 1. The van der Waals surface area contributed by atoms with Crippen molar-refractivity contribution in [1.29, 1.82) is 0 Å². The molecule has 70 valence electrons. The number of nitrogens with two attached hydrogens (primary N) is 1. The lowest BCUT2D eigenvalue weighted by molar-refractivity contribution is 0.815. The normalized spacial score (nSPS) is 10.0. The second-order valence-corrected chi connectivity index (χ2v) is 2.84. The van der Waals surface area contributed by atoms with Crippen LogP contribution in [-0.2, 0) is 0 Å².